The van der Waals surface area contributed by atoms with Gasteiger partial charge in [-0.25, -0.2) is 8.78 Å². The molecule has 2 nitrogen and oxygen atoms in total. The van der Waals surface area contributed by atoms with Crippen molar-refractivity contribution in [3.8, 4) is 11.3 Å². The average molecular weight is 197 g/mol. The minimum absolute atomic E-state index is 0.00838. The van der Waals surface area contributed by atoms with Crippen LogP contribution in [0.2, 0.25) is 0 Å². The van der Waals surface area contributed by atoms with Crippen molar-refractivity contribution in [1.82, 2.24) is 0 Å². The molecule has 1 aliphatic heterocycles. The zero-order valence-corrected chi connectivity index (χ0v) is 7.34. The molecule has 0 spiro atoms. The van der Waals surface area contributed by atoms with Crippen LogP contribution in [0.25, 0.3) is 11.3 Å². The molecule has 2 N–H and O–H groups in total. The molecule has 0 bridgehead atoms. The van der Waals surface area contributed by atoms with Gasteiger partial charge >= 0.3 is 0 Å². The maximum absolute atomic E-state index is 12.5. The Labute approximate surface area is 79.7 Å². The Bertz CT molecular complexity index is 411. The van der Waals surface area contributed by atoms with Gasteiger partial charge in [-0.3, -0.25) is 0 Å². The second-order valence-electron chi connectivity index (χ2n) is 3.02. The van der Waals surface area contributed by atoms with Crippen LogP contribution in [0.1, 0.15) is 17.6 Å². The first-order chi connectivity index (χ1) is 6.72. The van der Waals surface area contributed by atoms with E-state index in [1.54, 1.807) is 12.1 Å². The Morgan fingerprint density at radius 3 is 2.79 bits per heavy atom. The zero-order valence-electron chi connectivity index (χ0n) is 7.34. The van der Waals surface area contributed by atoms with E-state index in [1.807, 2.05) is 0 Å². The van der Waals surface area contributed by atoms with Crippen LogP contribution in [0.4, 0.5) is 8.78 Å². The molecule has 0 unspecified atom stereocenters. The second-order valence-corrected chi connectivity index (χ2v) is 3.02. The van der Waals surface area contributed by atoms with Crippen molar-refractivity contribution in [2.24, 2.45) is 5.73 Å². The lowest BCUT2D eigenvalue weighted by atomic mass is 10.1. The Morgan fingerprint density at radius 1 is 1.36 bits per heavy atom. The number of fused-ring (bicyclic) bond motifs is 1. The number of halogens is 2. The highest BCUT2D eigenvalue weighted by molar-refractivity contribution is 5.67. The molecule has 0 aromatic carbocycles. The van der Waals surface area contributed by atoms with Crippen molar-refractivity contribution in [3.63, 3.8) is 0 Å². The van der Waals surface area contributed by atoms with E-state index < -0.39 is 6.43 Å². The van der Waals surface area contributed by atoms with E-state index in [-0.39, 0.29) is 5.56 Å². The standard InChI is InChI=1S/C10H9F2NO/c11-10(12)7-1-2-14-9-4-6(5-13)3-8(7)9/h1-4,10H,5,13H2. The van der Waals surface area contributed by atoms with Gasteiger partial charge in [0.15, 0.2) is 0 Å². The average Bonchev–Trinajstić information content (AvgIpc) is 2.59. The molecule has 4 heteroatoms. The predicted molar refractivity (Wildman–Crippen MR) is 48.2 cm³/mol. The van der Waals surface area contributed by atoms with Crippen molar-refractivity contribution >= 4 is 0 Å². The molecule has 0 aromatic heterocycles. The fourth-order valence-electron chi connectivity index (χ4n) is 1.45. The summed E-state index contributed by atoms with van der Waals surface area (Å²) in [5, 5.41) is 0. The monoisotopic (exact) mass is 197 g/mol. The van der Waals surface area contributed by atoms with Crippen molar-refractivity contribution in [2.75, 3.05) is 0 Å². The number of nitrogens with two attached hydrogens (primary N) is 1. The minimum atomic E-state index is -2.48. The Kier molecular flexibility index (Phi) is 2.21. The first-order valence-electron chi connectivity index (χ1n) is 4.20. The van der Waals surface area contributed by atoms with Crippen LogP contribution in [0.5, 0.6) is 0 Å². The van der Waals surface area contributed by atoms with Crippen molar-refractivity contribution in [1.29, 1.82) is 0 Å². The van der Waals surface area contributed by atoms with Gasteiger partial charge in [-0.1, -0.05) is 0 Å². The van der Waals surface area contributed by atoms with Gasteiger partial charge in [0, 0.05) is 17.7 Å². The van der Waals surface area contributed by atoms with E-state index in [4.69, 9.17) is 10.2 Å². The van der Waals surface area contributed by atoms with Gasteiger partial charge in [-0.15, -0.1) is 0 Å². The molecule has 0 radical (unpaired) electrons. The lowest BCUT2D eigenvalue weighted by molar-refractivity contribution is 0.151. The summed E-state index contributed by atoms with van der Waals surface area (Å²) in [6.45, 7) is 0.326. The molecule has 1 aliphatic carbocycles. The summed E-state index contributed by atoms with van der Waals surface area (Å²) < 4.78 is 30.2. The molecular formula is C10H9F2NO. The summed E-state index contributed by atoms with van der Waals surface area (Å²) in [5.74, 6) is 0.461. The largest absolute Gasteiger partial charge is 0.464 e. The van der Waals surface area contributed by atoms with Crippen molar-refractivity contribution in [2.45, 2.75) is 13.0 Å². The molecule has 0 fully saturated rings. The fourth-order valence-corrected chi connectivity index (χ4v) is 1.45. The SMILES string of the molecule is NCc1cc2occc(C(F)F)c-2c1. The molecule has 74 valence electrons. The maximum atomic E-state index is 12.5. The van der Waals surface area contributed by atoms with Crippen LogP contribution in [0.15, 0.2) is 28.9 Å². The van der Waals surface area contributed by atoms with Crippen LogP contribution >= 0.6 is 0 Å². The molecule has 0 aromatic rings. The third-order valence-corrected chi connectivity index (χ3v) is 2.14. The Balaban J connectivity index is 2.59. The smallest absolute Gasteiger partial charge is 0.264 e. The first kappa shape index (κ1) is 9.15. The van der Waals surface area contributed by atoms with E-state index in [0.717, 1.165) is 5.56 Å². The molecule has 0 saturated heterocycles. The number of rotatable bonds is 2. The van der Waals surface area contributed by atoms with Crippen LogP contribution in [0, 0.1) is 0 Å². The third-order valence-electron chi connectivity index (χ3n) is 2.14. The van der Waals surface area contributed by atoms with Crippen molar-refractivity contribution in [3.05, 3.63) is 35.6 Å². The Morgan fingerprint density at radius 2 is 2.14 bits per heavy atom. The molecule has 0 saturated carbocycles. The van der Waals surface area contributed by atoms with Crippen LogP contribution in [-0.2, 0) is 6.54 Å². The van der Waals surface area contributed by atoms with E-state index in [2.05, 4.69) is 0 Å². The topological polar surface area (TPSA) is 39.2 Å². The van der Waals surface area contributed by atoms with E-state index >= 15 is 0 Å². The van der Waals surface area contributed by atoms with Gasteiger partial charge in [0.05, 0.1) is 6.26 Å². The van der Waals surface area contributed by atoms with E-state index in [1.165, 1.54) is 12.3 Å². The van der Waals surface area contributed by atoms with Gasteiger partial charge < -0.3 is 10.2 Å². The van der Waals surface area contributed by atoms with Gasteiger partial charge in [-0.2, -0.15) is 0 Å². The van der Waals surface area contributed by atoms with Crippen molar-refractivity contribution < 1.29 is 13.2 Å². The third kappa shape index (κ3) is 1.37. The summed E-state index contributed by atoms with van der Waals surface area (Å²) in [5.41, 5.74) is 6.65. The summed E-state index contributed by atoms with van der Waals surface area (Å²) >= 11 is 0. The predicted octanol–water partition coefficient (Wildman–Crippen LogP) is 2.78. The summed E-state index contributed by atoms with van der Waals surface area (Å²) in [6.07, 6.45) is -1.22. The first-order valence-corrected chi connectivity index (χ1v) is 4.20. The molecule has 1 heterocycles. The summed E-state index contributed by atoms with van der Waals surface area (Å²) in [4.78, 5) is 0. The lowest BCUT2D eigenvalue weighted by Gasteiger charge is -2.04. The minimum Gasteiger partial charge on any atom is -0.464 e. The second kappa shape index (κ2) is 3.38. The molecule has 2 rings (SSSR count). The normalized spacial score (nSPS) is 11.4. The number of hydrogen-bond donors (Lipinski definition) is 1. The highest BCUT2D eigenvalue weighted by Gasteiger charge is 2.18. The quantitative estimate of drug-likeness (QED) is 0.803. The zero-order chi connectivity index (χ0) is 10.1. The highest BCUT2D eigenvalue weighted by Crippen LogP contribution is 2.34. The molecule has 2 aliphatic rings. The van der Waals surface area contributed by atoms with E-state index in [9.17, 15) is 8.78 Å². The number of hydrogen-bond acceptors (Lipinski definition) is 2. The molecule has 14 heavy (non-hydrogen) atoms. The fraction of sp³-hybridized carbons (Fsp3) is 0.200. The molecule has 0 amide bonds. The van der Waals surface area contributed by atoms with Crippen LogP contribution in [0.3, 0.4) is 0 Å². The van der Waals surface area contributed by atoms with Gasteiger partial charge in [-0.05, 0) is 23.8 Å². The summed E-state index contributed by atoms with van der Waals surface area (Å²) in [7, 11) is 0. The lowest BCUT2D eigenvalue weighted by Crippen LogP contribution is -1.92. The number of alkyl halides is 2. The van der Waals surface area contributed by atoms with Gasteiger partial charge in [0.2, 0.25) is 0 Å². The van der Waals surface area contributed by atoms with Gasteiger partial charge in [0.25, 0.3) is 6.43 Å². The van der Waals surface area contributed by atoms with E-state index in [0.29, 0.717) is 17.9 Å². The van der Waals surface area contributed by atoms with Crippen LogP contribution < -0.4 is 5.73 Å². The molecule has 0 atom stereocenters. The highest BCUT2D eigenvalue weighted by atomic mass is 19.3. The van der Waals surface area contributed by atoms with Gasteiger partial charge in [0.1, 0.15) is 5.76 Å². The molecular weight excluding hydrogens is 188 g/mol. The Hall–Kier alpha value is -1.42. The van der Waals surface area contributed by atoms with Crippen LogP contribution in [-0.4, -0.2) is 0 Å². The summed E-state index contributed by atoms with van der Waals surface area (Å²) in [6, 6.07) is 4.61. The maximum Gasteiger partial charge on any atom is 0.264 e.